The van der Waals surface area contributed by atoms with E-state index in [9.17, 15) is 14.4 Å². The molecule has 1 aliphatic carbocycles. The lowest BCUT2D eigenvalue weighted by atomic mass is 9.96. The van der Waals surface area contributed by atoms with Gasteiger partial charge in [0.25, 0.3) is 0 Å². The van der Waals surface area contributed by atoms with E-state index >= 15 is 0 Å². The fraction of sp³-hybridized carbons (Fsp3) is 0.833. The van der Waals surface area contributed by atoms with E-state index in [2.05, 4.69) is 15.5 Å². The zero-order valence-corrected chi connectivity index (χ0v) is 15.7. The zero-order chi connectivity index (χ0) is 18.4. The molecule has 0 aromatic rings. The maximum Gasteiger partial charge on any atom is 0.245 e. The van der Waals surface area contributed by atoms with Gasteiger partial charge in [0.05, 0.1) is 6.54 Å². The van der Waals surface area contributed by atoms with Crippen molar-refractivity contribution >= 4 is 17.7 Å². The molecule has 1 saturated heterocycles. The van der Waals surface area contributed by atoms with Crippen LogP contribution in [0.2, 0.25) is 0 Å². The summed E-state index contributed by atoms with van der Waals surface area (Å²) < 4.78 is 0. The largest absolute Gasteiger partial charge is 0.353 e. The number of amides is 3. The second-order valence-electron chi connectivity index (χ2n) is 7.55. The minimum absolute atomic E-state index is 0.0249. The van der Waals surface area contributed by atoms with Crippen molar-refractivity contribution < 1.29 is 14.4 Å². The van der Waals surface area contributed by atoms with Crippen LogP contribution in [0.1, 0.15) is 46.5 Å². The van der Waals surface area contributed by atoms with Crippen molar-refractivity contribution in [3.8, 4) is 0 Å². The third-order valence-electron chi connectivity index (χ3n) is 5.00. The van der Waals surface area contributed by atoms with Crippen LogP contribution >= 0.6 is 0 Å². The fourth-order valence-corrected chi connectivity index (χ4v) is 3.78. The monoisotopic (exact) mass is 352 g/mol. The minimum Gasteiger partial charge on any atom is -0.353 e. The highest BCUT2D eigenvalue weighted by atomic mass is 16.2. The molecule has 1 unspecified atom stereocenters. The third-order valence-corrected chi connectivity index (χ3v) is 5.00. The minimum atomic E-state index is -0.393. The van der Waals surface area contributed by atoms with E-state index < -0.39 is 6.04 Å². The molecule has 0 radical (unpaired) electrons. The van der Waals surface area contributed by atoms with Crippen molar-refractivity contribution in [3.05, 3.63) is 0 Å². The molecule has 2 rings (SSSR count). The molecule has 25 heavy (non-hydrogen) atoms. The summed E-state index contributed by atoms with van der Waals surface area (Å²) in [6.45, 7) is 8.33. The second kappa shape index (κ2) is 9.17. The van der Waals surface area contributed by atoms with Crippen LogP contribution in [0.5, 0.6) is 0 Å². The van der Waals surface area contributed by atoms with Gasteiger partial charge < -0.3 is 15.5 Å². The van der Waals surface area contributed by atoms with Crippen molar-refractivity contribution in [1.82, 2.24) is 20.4 Å². The van der Waals surface area contributed by atoms with Crippen molar-refractivity contribution in [3.63, 3.8) is 0 Å². The molecule has 1 aliphatic heterocycles. The number of rotatable bonds is 6. The molecule has 1 atom stereocenters. The predicted octanol–water partition coefficient (Wildman–Crippen LogP) is 0.350. The van der Waals surface area contributed by atoms with E-state index in [0.717, 1.165) is 25.7 Å². The van der Waals surface area contributed by atoms with Gasteiger partial charge in [0.15, 0.2) is 0 Å². The van der Waals surface area contributed by atoms with Gasteiger partial charge in [-0.05, 0) is 32.6 Å². The molecule has 0 bridgehead atoms. The average molecular weight is 352 g/mol. The van der Waals surface area contributed by atoms with E-state index in [1.807, 2.05) is 18.7 Å². The number of nitrogens with zero attached hydrogens (tertiary/aromatic N) is 2. The lowest BCUT2D eigenvalue weighted by Crippen LogP contribution is -2.57. The first-order valence-electron chi connectivity index (χ1n) is 9.44. The topological polar surface area (TPSA) is 81.8 Å². The Labute approximate surface area is 150 Å². The molecular weight excluding hydrogens is 320 g/mol. The van der Waals surface area contributed by atoms with Crippen LogP contribution in [0.4, 0.5) is 0 Å². The van der Waals surface area contributed by atoms with Gasteiger partial charge in [-0.3, -0.25) is 19.3 Å². The molecule has 7 nitrogen and oxygen atoms in total. The quantitative estimate of drug-likeness (QED) is 0.723. The van der Waals surface area contributed by atoms with Crippen LogP contribution in [0, 0.1) is 5.92 Å². The third kappa shape index (κ3) is 5.99. The van der Waals surface area contributed by atoms with Gasteiger partial charge in [-0.25, -0.2) is 0 Å². The van der Waals surface area contributed by atoms with E-state index in [1.165, 1.54) is 6.92 Å². The smallest absolute Gasteiger partial charge is 0.245 e. The highest BCUT2D eigenvalue weighted by molar-refractivity contribution is 5.87. The number of carbonyl (C=O) groups excluding carboxylic acids is 3. The molecule has 3 amide bonds. The molecule has 7 heteroatoms. The summed E-state index contributed by atoms with van der Waals surface area (Å²) in [6.07, 6.45) is 4.28. The maximum absolute atomic E-state index is 12.9. The Morgan fingerprint density at radius 2 is 1.60 bits per heavy atom. The Bertz CT molecular complexity index is 481. The van der Waals surface area contributed by atoms with Gasteiger partial charge in [0.1, 0.15) is 6.04 Å². The average Bonchev–Trinajstić information content (AvgIpc) is 3.06. The lowest BCUT2D eigenvalue weighted by molar-refractivity contribution is -0.139. The first kappa shape index (κ1) is 19.7. The van der Waals surface area contributed by atoms with Crippen molar-refractivity contribution in [2.75, 3.05) is 32.7 Å². The second-order valence-corrected chi connectivity index (χ2v) is 7.55. The number of hydrogen-bond donors (Lipinski definition) is 2. The summed E-state index contributed by atoms with van der Waals surface area (Å²) in [5, 5.41) is 5.77. The zero-order valence-electron chi connectivity index (χ0n) is 15.7. The molecule has 2 N–H and O–H groups in total. The summed E-state index contributed by atoms with van der Waals surface area (Å²) in [6, 6.07) is -0.254. The standard InChI is InChI=1S/C18H32N4O3/c1-13(2)19-16(24)12-21-8-10-22(11-9-21)18(25)17(20-14(3)23)15-6-4-5-7-15/h13,15,17H,4-12H2,1-3H3,(H,19,24)(H,20,23). The van der Waals surface area contributed by atoms with Crippen LogP contribution < -0.4 is 10.6 Å². The molecule has 0 aromatic heterocycles. The summed E-state index contributed by atoms with van der Waals surface area (Å²) in [4.78, 5) is 40.2. The highest BCUT2D eigenvalue weighted by Gasteiger charge is 2.35. The van der Waals surface area contributed by atoms with E-state index in [4.69, 9.17) is 0 Å². The number of piperazine rings is 1. The van der Waals surface area contributed by atoms with Crippen molar-refractivity contribution in [2.45, 2.75) is 58.5 Å². The van der Waals surface area contributed by atoms with Crippen LogP contribution in [-0.4, -0.2) is 72.3 Å². The highest BCUT2D eigenvalue weighted by Crippen LogP contribution is 2.28. The molecular formula is C18H32N4O3. The number of hydrogen-bond acceptors (Lipinski definition) is 4. The van der Waals surface area contributed by atoms with E-state index in [0.29, 0.717) is 32.7 Å². The SMILES string of the molecule is CC(=O)NC(C(=O)N1CCN(CC(=O)NC(C)C)CC1)C1CCCC1. The molecule has 0 aromatic carbocycles. The summed E-state index contributed by atoms with van der Waals surface area (Å²) in [5.41, 5.74) is 0. The Kier molecular flexibility index (Phi) is 7.23. The normalized spacial score (nSPS) is 20.6. The summed E-state index contributed by atoms with van der Waals surface area (Å²) in [5.74, 6) is 0.172. The Morgan fingerprint density at radius 1 is 1.00 bits per heavy atom. The van der Waals surface area contributed by atoms with Gasteiger partial charge in [0, 0.05) is 39.1 Å². The summed E-state index contributed by atoms with van der Waals surface area (Å²) in [7, 11) is 0. The maximum atomic E-state index is 12.9. The molecule has 2 fully saturated rings. The molecule has 1 heterocycles. The van der Waals surface area contributed by atoms with Crippen LogP contribution in [-0.2, 0) is 14.4 Å². The predicted molar refractivity (Wildman–Crippen MR) is 95.9 cm³/mol. The molecule has 2 aliphatic rings. The van der Waals surface area contributed by atoms with Crippen LogP contribution in [0.15, 0.2) is 0 Å². The van der Waals surface area contributed by atoms with Crippen LogP contribution in [0.25, 0.3) is 0 Å². The first-order valence-corrected chi connectivity index (χ1v) is 9.44. The van der Waals surface area contributed by atoms with Gasteiger partial charge in [0.2, 0.25) is 17.7 Å². The van der Waals surface area contributed by atoms with Crippen molar-refractivity contribution in [1.29, 1.82) is 0 Å². The van der Waals surface area contributed by atoms with E-state index in [-0.39, 0.29) is 29.7 Å². The summed E-state index contributed by atoms with van der Waals surface area (Å²) >= 11 is 0. The van der Waals surface area contributed by atoms with Gasteiger partial charge >= 0.3 is 0 Å². The van der Waals surface area contributed by atoms with Gasteiger partial charge in [-0.2, -0.15) is 0 Å². The van der Waals surface area contributed by atoms with Gasteiger partial charge in [-0.15, -0.1) is 0 Å². The molecule has 0 spiro atoms. The van der Waals surface area contributed by atoms with E-state index in [1.54, 1.807) is 0 Å². The molecule has 1 saturated carbocycles. The first-order chi connectivity index (χ1) is 11.9. The van der Waals surface area contributed by atoms with Crippen molar-refractivity contribution in [2.24, 2.45) is 5.92 Å². The fourth-order valence-electron chi connectivity index (χ4n) is 3.78. The number of nitrogens with one attached hydrogen (secondary N) is 2. The Hall–Kier alpha value is -1.63. The molecule has 142 valence electrons. The Morgan fingerprint density at radius 3 is 2.12 bits per heavy atom. The Balaban J connectivity index is 1.86. The van der Waals surface area contributed by atoms with Gasteiger partial charge in [-0.1, -0.05) is 12.8 Å². The number of carbonyl (C=O) groups is 3. The van der Waals surface area contributed by atoms with Crippen LogP contribution in [0.3, 0.4) is 0 Å². The lowest BCUT2D eigenvalue weighted by Gasteiger charge is -2.37.